The van der Waals surface area contributed by atoms with E-state index in [0.717, 1.165) is 39.7 Å². The Morgan fingerprint density at radius 3 is 2.30 bits per heavy atom. The minimum Gasteiger partial charge on any atom is -0.279 e. The minimum absolute atomic E-state index is 0.113. The second-order valence-corrected chi connectivity index (χ2v) is 7.32. The van der Waals surface area contributed by atoms with Gasteiger partial charge >= 0.3 is 0 Å². The summed E-state index contributed by atoms with van der Waals surface area (Å²) < 4.78 is 39.7. The first-order valence-corrected chi connectivity index (χ1v) is 8.58. The molecule has 2 rings (SSSR count). The number of aryl methyl sites for hydroxylation is 1. The van der Waals surface area contributed by atoms with E-state index in [9.17, 15) is 17.6 Å². The van der Waals surface area contributed by atoms with Crippen LogP contribution in [0, 0.1) is 19.7 Å². The maximum Gasteiger partial charge on any atom is 0.264 e. The zero-order chi connectivity index (χ0) is 17.2. The Morgan fingerprint density at radius 2 is 1.74 bits per heavy atom. The average Bonchev–Trinajstić information content (AvgIpc) is 2.48. The van der Waals surface area contributed by atoms with Crippen LogP contribution in [0.2, 0.25) is 0 Å². The van der Waals surface area contributed by atoms with Gasteiger partial charge in [0.25, 0.3) is 10.0 Å². The van der Waals surface area contributed by atoms with Gasteiger partial charge in [0.05, 0.1) is 10.6 Å². The van der Waals surface area contributed by atoms with Gasteiger partial charge in [0.2, 0.25) is 5.24 Å². The summed E-state index contributed by atoms with van der Waals surface area (Å²) in [5.74, 6) is -0.546. The fraction of sp³-hybridized carbons (Fsp3) is 0.188. The smallest absolute Gasteiger partial charge is 0.264 e. The molecule has 0 saturated carbocycles. The number of sulfonamides is 1. The van der Waals surface area contributed by atoms with Gasteiger partial charge in [-0.1, -0.05) is 12.1 Å². The molecule has 0 bridgehead atoms. The van der Waals surface area contributed by atoms with Crippen molar-refractivity contribution in [3.05, 3.63) is 59.4 Å². The van der Waals surface area contributed by atoms with Crippen molar-refractivity contribution in [2.75, 3.05) is 10.8 Å². The zero-order valence-electron chi connectivity index (χ0n) is 12.6. The molecule has 0 aliphatic carbocycles. The largest absolute Gasteiger partial charge is 0.279 e. The van der Waals surface area contributed by atoms with Crippen LogP contribution in [0.25, 0.3) is 0 Å². The molecule has 4 nitrogen and oxygen atoms in total. The molecule has 23 heavy (non-hydrogen) atoms. The zero-order valence-corrected chi connectivity index (χ0v) is 14.2. The predicted octanol–water partition coefficient (Wildman–Crippen LogP) is 3.40. The number of benzene rings is 2. The first kappa shape index (κ1) is 17.4. The van der Waals surface area contributed by atoms with Crippen molar-refractivity contribution in [3.8, 4) is 0 Å². The lowest BCUT2D eigenvalue weighted by Crippen LogP contribution is -2.35. The highest BCUT2D eigenvalue weighted by Crippen LogP contribution is 2.28. The molecule has 0 aromatic heterocycles. The van der Waals surface area contributed by atoms with Crippen LogP contribution < -0.4 is 4.31 Å². The molecule has 0 amide bonds. The van der Waals surface area contributed by atoms with Gasteiger partial charge in [-0.15, -0.1) is 0 Å². The third kappa shape index (κ3) is 3.71. The quantitative estimate of drug-likeness (QED) is 0.772. The number of rotatable bonds is 5. The van der Waals surface area contributed by atoms with Crippen molar-refractivity contribution in [1.82, 2.24) is 0 Å². The lowest BCUT2D eigenvalue weighted by molar-refractivity contribution is -0.110. The molecule has 7 heteroatoms. The molecule has 0 spiro atoms. The molecule has 0 fully saturated rings. The number of hydrogen-bond donors (Lipinski definition) is 0. The van der Waals surface area contributed by atoms with Gasteiger partial charge in [-0.25, -0.2) is 12.8 Å². The Morgan fingerprint density at radius 1 is 1.13 bits per heavy atom. The third-order valence-corrected chi connectivity index (χ3v) is 5.41. The van der Waals surface area contributed by atoms with Crippen molar-refractivity contribution in [3.63, 3.8) is 0 Å². The van der Waals surface area contributed by atoms with E-state index in [1.807, 2.05) is 13.0 Å². The van der Waals surface area contributed by atoms with E-state index in [0.29, 0.717) is 5.69 Å². The van der Waals surface area contributed by atoms with Crippen LogP contribution in [-0.2, 0) is 14.8 Å². The fourth-order valence-electron chi connectivity index (χ4n) is 2.15. The molecular weight excluding hydrogens is 341 g/mol. The van der Waals surface area contributed by atoms with E-state index in [-0.39, 0.29) is 4.90 Å². The highest BCUT2D eigenvalue weighted by molar-refractivity contribution is 7.92. The van der Waals surface area contributed by atoms with Crippen LogP contribution in [0.15, 0.2) is 47.4 Å². The molecule has 2 aromatic rings. The SMILES string of the molecule is Cc1cccc(N(CC(=O)Cl)S(=O)(=O)c2ccc(F)cc2)c1C. The number of anilines is 1. The lowest BCUT2D eigenvalue weighted by atomic mass is 10.1. The number of carbonyl (C=O) groups is 1. The molecule has 0 unspecified atom stereocenters. The van der Waals surface area contributed by atoms with E-state index in [1.54, 1.807) is 19.1 Å². The van der Waals surface area contributed by atoms with Crippen molar-refractivity contribution in [1.29, 1.82) is 0 Å². The van der Waals surface area contributed by atoms with E-state index in [4.69, 9.17) is 11.6 Å². The minimum atomic E-state index is -4.04. The summed E-state index contributed by atoms with van der Waals surface area (Å²) in [6, 6.07) is 9.55. The van der Waals surface area contributed by atoms with Crippen molar-refractivity contribution < 1.29 is 17.6 Å². The Hall–Kier alpha value is -1.92. The summed E-state index contributed by atoms with van der Waals surface area (Å²) in [6.07, 6.45) is 0. The number of carbonyl (C=O) groups excluding carboxylic acids is 1. The van der Waals surface area contributed by atoms with Gasteiger partial charge in [0.15, 0.2) is 0 Å². The van der Waals surface area contributed by atoms with Crippen LogP contribution in [-0.4, -0.2) is 20.2 Å². The van der Waals surface area contributed by atoms with Crippen LogP contribution >= 0.6 is 11.6 Å². The van der Waals surface area contributed by atoms with Crippen LogP contribution in [0.3, 0.4) is 0 Å². The third-order valence-electron chi connectivity index (χ3n) is 3.51. The van der Waals surface area contributed by atoms with E-state index in [1.165, 1.54) is 0 Å². The number of halogens is 2. The molecule has 0 saturated heterocycles. The topological polar surface area (TPSA) is 54.5 Å². The second-order valence-electron chi connectivity index (χ2n) is 5.04. The van der Waals surface area contributed by atoms with Crippen molar-refractivity contribution in [2.24, 2.45) is 0 Å². The van der Waals surface area contributed by atoms with E-state index < -0.39 is 27.6 Å². The van der Waals surface area contributed by atoms with Gasteiger partial charge < -0.3 is 0 Å². The highest BCUT2D eigenvalue weighted by Gasteiger charge is 2.28. The normalized spacial score (nSPS) is 11.3. The summed E-state index contributed by atoms with van der Waals surface area (Å²) in [4.78, 5) is 11.2. The second kappa shape index (κ2) is 6.68. The van der Waals surface area contributed by atoms with Gasteiger partial charge in [-0.2, -0.15) is 0 Å². The highest BCUT2D eigenvalue weighted by atomic mass is 35.5. The van der Waals surface area contributed by atoms with Gasteiger partial charge in [0, 0.05) is 0 Å². The Labute approximate surface area is 139 Å². The maximum absolute atomic E-state index is 13.0. The molecule has 0 aliphatic rings. The molecule has 2 aromatic carbocycles. The lowest BCUT2D eigenvalue weighted by Gasteiger charge is -2.25. The molecule has 0 heterocycles. The monoisotopic (exact) mass is 355 g/mol. The van der Waals surface area contributed by atoms with Gasteiger partial charge in [-0.05, 0) is 66.9 Å². The number of hydrogen-bond acceptors (Lipinski definition) is 3. The van der Waals surface area contributed by atoms with Gasteiger partial charge in [-0.3, -0.25) is 9.10 Å². The van der Waals surface area contributed by atoms with Crippen LogP contribution in [0.4, 0.5) is 10.1 Å². The van der Waals surface area contributed by atoms with Gasteiger partial charge in [0.1, 0.15) is 12.4 Å². The standard InChI is InChI=1S/C16H15ClFNO3S/c1-11-4-3-5-15(12(11)2)19(10-16(17)20)23(21,22)14-8-6-13(18)7-9-14/h3-9H,10H2,1-2H3. The molecule has 0 radical (unpaired) electrons. The summed E-state index contributed by atoms with van der Waals surface area (Å²) in [5, 5.41) is -0.809. The molecule has 0 N–H and O–H groups in total. The molecule has 0 atom stereocenters. The van der Waals surface area contributed by atoms with E-state index in [2.05, 4.69) is 0 Å². The summed E-state index contributed by atoms with van der Waals surface area (Å²) in [5.41, 5.74) is 1.96. The maximum atomic E-state index is 13.0. The van der Waals surface area contributed by atoms with Crippen molar-refractivity contribution in [2.45, 2.75) is 18.7 Å². The first-order valence-electron chi connectivity index (χ1n) is 6.76. The van der Waals surface area contributed by atoms with Crippen LogP contribution in [0.1, 0.15) is 11.1 Å². The van der Waals surface area contributed by atoms with Crippen LogP contribution in [0.5, 0.6) is 0 Å². The predicted molar refractivity (Wildman–Crippen MR) is 87.7 cm³/mol. The molecule has 122 valence electrons. The molecular formula is C16H15ClFNO3S. The number of nitrogens with zero attached hydrogens (tertiary/aromatic N) is 1. The van der Waals surface area contributed by atoms with Crippen molar-refractivity contribution >= 4 is 32.6 Å². The summed E-state index contributed by atoms with van der Waals surface area (Å²) in [6.45, 7) is 3.09. The average molecular weight is 356 g/mol. The Bertz CT molecular complexity index is 835. The molecule has 0 aliphatic heterocycles. The summed E-state index contributed by atoms with van der Waals surface area (Å²) >= 11 is 5.43. The fourth-order valence-corrected chi connectivity index (χ4v) is 3.82. The Kier molecular flexibility index (Phi) is 5.06. The van der Waals surface area contributed by atoms with E-state index >= 15 is 0 Å². The first-order chi connectivity index (χ1) is 10.7. The summed E-state index contributed by atoms with van der Waals surface area (Å²) in [7, 11) is -4.04. The Balaban J connectivity index is 2.60.